The Hall–Kier alpha value is -3.22. The smallest absolute Gasteiger partial charge is 0.397 e. The van der Waals surface area contributed by atoms with E-state index in [1.807, 2.05) is 0 Å². The molecule has 0 saturated carbocycles. The number of rotatable bonds is 10. The van der Waals surface area contributed by atoms with Gasteiger partial charge in [0.2, 0.25) is 0 Å². The second-order valence-electron chi connectivity index (χ2n) is 7.81. The number of halogens is 10. The summed E-state index contributed by atoms with van der Waals surface area (Å²) in [6.07, 6.45) is -7.97. The fourth-order valence-corrected chi connectivity index (χ4v) is 3.94. The Bertz CT molecular complexity index is 1220. The molecule has 41 heavy (non-hydrogen) atoms. The van der Waals surface area contributed by atoms with Gasteiger partial charge < -0.3 is 16.8 Å². The third-order valence-electron chi connectivity index (χ3n) is 4.97. The average molecular weight is 731 g/mol. The van der Waals surface area contributed by atoms with Gasteiger partial charge in [-0.15, -0.1) is 0 Å². The first-order chi connectivity index (χ1) is 18.8. The maximum Gasteiger partial charge on any atom is 0.416 e. The van der Waals surface area contributed by atoms with Crippen LogP contribution in [0.5, 0.6) is 0 Å². The Morgan fingerprint density at radius 2 is 1.41 bits per heavy atom. The molecule has 0 aromatic heterocycles. The Morgan fingerprint density at radius 3 is 1.80 bits per heavy atom. The number of hydrogen-bond donors (Lipinski definition) is 3. The average Bonchev–Trinajstić information content (AvgIpc) is 2.86. The van der Waals surface area contributed by atoms with E-state index in [2.05, 4.69) is 37.2 Å². The van der Waals surface area contributed by atoms with Crippen LogP contribution in [-0.4, -0.2) is 46.0 Å². The topological polar surface area (TPSA) is 145 Å². The Balaban J connectivity index is 0.000000702. The van der Waals surface area contributed by atoms with Crippen LogP contribution in [0.1, 0.15) is 18.4 Å². The van der Waals surface area contributed by atoms with E-state index in [1.165, 1.54) is 0 Å². The number of carbonyl (C=O) groups excluding carboxylic acids is 2. The predicted octanol–water partition coefficient (Wildman–Crippen LogP) is 6.50. The lowest BCUT2D eigenvalue weighted by molar-refractivity contribution is -0.384. The minimum absolute atomic E-state index is 0.0841. The number of amides is 2. The van der Waals surface area contributed by atoms with Gasteiger partial charge in [0.25, 0.3) is 5.69 Å². The largest absolute Gasteiger partial charge is 0.416 e. The van der Waals surface area contributed by atoms with Crippen molar-refractivity contribution in [3.05, 3.63) is 52.1 Å². The van der Waals surface area contributed by atoms with Gasteiger partial charge in [0.15, 0.2) is 6.80 Å². The lowest BCUT2D eigenvalue weighted by Crippen LogP contribution is -2.53. The van der Waals surface area contributed by atoms with Crippen LogP contribution < -0.4 is 21.7 Å². The molecule has 2 aromatic carbocycles. The zero-order valence-electron chi connectivity index (χ0n) is 20.5. The van der Waals surface area contributed by atoms with Gasteiger partial charge in [-0.3, -0.25) is 19.7 Å². The van der Waals surface area contributed by atoms with E-state index in [4.69, 9.17) is 11.5 Å². The summed E-state index contributed by atoms with van der Waals surface area (Å²) < 4.78 is 108. The van der Waals surface area contributed by atoms with Gasteiger partial charge in [0.1, 0.15) is 5.69 Å². The molecule has 2 rings (SSSR count). The van der Waals surface area contributed by atoms with Crippen LogP contribution in [0.3, 0.4) is 0 Å². The highest BCUT2D eigenvalue weighted by molar-refractivity contribution is 9.09. The number of nitrogens with two attached hydrogens (primary N) is 2. The molecule has 0 radical (unpaired) electrons. The molecule has 0 bridgehead atoms. The van der Waals surface area contributed by atoms with Crippen molar-refractivity contribution in [1.82, 2.24) is 0 Å². The van der Waals surface area contributed by atoms with Crippen LogP contribution in [0.2, 0.25) is 0 Å². The first-order valence-electron chi connectivity index (χ1n) is 10.9. The van der Waals surface area contributed by atoms with Crippen LogP contribution >= 0.6 is 31.9 Å². The van der Waals surface area contributed by atoms with Gasteiger partial charge in [-0.1, -0.05) is 44.0 Å². The minimum atomic E-state index is -5.33. The molecule has 0 unspecified atom stereocenters. The number of alkyl halides is 10. The Morgan fingerprint density at radius 1 is 0.927 bits per heavy atom. The van der Waals surface area contributed by atoms with Crippen molar-refractivity contribution in [2.24, 2.45) is 0 Å². The molecule has 228 valence electrons. The maximum atomic E-state index is 14.2. The third kappa shape index (κ3) is 9.40. The Kier molecular flexibility index (Phi) is 12.8. The number of para-hydroxylation sites is 2. The lowest BCUT2D eigenvalue weighted by atomic mass is 10.1. The van der Waals surface area contributed by atoms with Crippen LogP contribution in [0, 0.1) is 10.1 Å². The van der Waals surface area contributed by atoms with E-state index >= 15 is 0 Å². The first-order valence-corrected chi connectivity index (χ1v) is 13.2. The highest BCUT2D eigenvalue weighted by Gasteiger charge is 2.52. The summed E-state index contributed by atoms with van der Waals surface area (Å²) in [6.45, 7) is -0.589. The van der Waals surface area contributed by atoms with Crippen LogP contribution in [0.25, 0.3) is 0 Å². The summed E-state index contributed by atoms with van der Waals surface area (Å²) >= 11 is 5.18. The van der Waals surface area contributed by atoms with E-state index in [1.54, 1.807) is 24.3 Å². The van der Waals surface area contributed by atoms with Crippen molar-refractivity contribution in [1.29, 1.82) is 0 Å². The van der Waals surface area contributed by atoms with Crippen LogP contribution in [-0.2, 0) is 15.8 Å². The molecular weight excluding hydrogens is 710 g/mol. The standard InChI is InChI=1S/C15H12Br2F7N3O4.C7H9FN2/c16-3-1-13(18,19)11(28)26(12(29)14(20,21)2-4-17)8-5-7(15(22,23)24)6-9(10(8)25)27(30)31;8-5-10-7-4-2-1-3-6(7)9/h5-6H,1-4,25H2;1-4,10H,5,9H2. The van der Waals surface area contributed by atoms with Crippen molar-refractivity contribution in [3.63, 3.8) is 0 Å². The number of hydrogen-bond acceptors (Lipinski definition) is 7. The van der Waals surface area contributed by atoms with Gasteiger partial charge >= 0.3 is 29.8 Å². The van der Waals surface area contributed by atoms with E-state index in [0.717, 1.165) is 0 Å². The third-order valence-corrected chi connectivity index (χ3v) is 5.76. The molecule has 0 aliphatic rings. The molecule has 0 aliphatic carbocycles. The van der Waals surface area contributed by atoms with Gasteiger partial charge in [-0.2, -0.15) is 30.7 Å². The molecule has 19 heteroatoms. The molecule has 0 spiro atoms. The van der Waals surface area contributed by atoms with Crippen molar-refractivity contribution in [3.8, 4) is 0 Å². The first kappa shape index (κ1) is 35.8. The molecule has 0 aliphatic heterocycles. The summed E-state index contributed by atoms with van der Waals surface area (Å²) in [5.74, 6) is -14.2. The number of nitrogen functional groups attached to an aromatic ring is 2. The zero-order valence-corrected chi connectivity index (χ0v) is 23.6. The number of imide groups is 1. The normalized spacial score (nSPS) is 11.8. The second-order valence-corrected chi connectivity index (χ2v) is 9.40. The van der Waals surface area contributed by atoms with Crippen molar-refractivity contribution in [2.45, 2.75) is 30.9 Å². The summed E-state index contributed by atoms with van der Waals surface area (Å²) in [5.41, 5.74) is 5.67. The van der Waals surface area contributed by atoms with E-state index in [0.29, 0.717) is 11.4 Å². The number of nitrogens with zero attached hydrogens (tertiary/aromatic N) is 2. The molecule has 0 saturated heterocycles. The number of carbonyl (C=O) groups is 2. The van der Waals surface area contributed by atoms with E-state index < -0.39 is 92.6 Å². The van der Waals surface area contributed by atoms with Crippen LogP contribution in [0.15, 0.2) is 36.4 Å². The molecule has 5 N–H and O–H groups in total. The molecule has 2 amide bonds. The lowest BCUT2D eigenvalue weighted by Gasteiger charge is -2.29. The Labute approximate surface area is 243 Å². The predicted molar refractivity (Wildman–Crippen MR) is 142 cm³/mol. The summed E-state index contributed by atoms with van der Waals surface area (Å²) in [5, 5.41) is 12.5. The zero-order chi connectivity index (χ0) is 31.8. The van der Waals surface area contributed by atoms with E-state index in [9.17, 15) is 54.8 Å². The summed E-state index contributed by atoms with van der Waals surface area (Å²) in [6, 6.07) is 6.81. The highest BCUT2D eigenvalue weighted by Crippen LogP contribution is 2.42. The minimum Gasteiger partial charge on any atom is -0.397 e. The molecule has 2 aromatic rings. The van der Waals surface area contributed by atoms with Gasteiger partial charge in [-0.25, -0.2) is 9.29 Å². The maximum absolute atomic E-state index is 14.2. The summed E-state index contributed by atoms with van der Waals surface area (Å²) in [7, 11) is 0. The van der Waals surface area contributed by atoms with Crippen molar-refractivity contribution in [2.75, 3.05) is 39.1 Å². The quantitative estimate of drug-likeness (QED) is 0.0632. The van der Waals surface area contributed by atoms with Crippen molar-refractivity contribution >= 4 is 72.1 Å². The number of benzene rings is 2. The summed E-state index contributed by atoms with van der Waals surface area (Å²) in [4.78, 5) is 33.3. The van der Waals surface area contributed by atoms with Gasteiger partial charge in [0, 0.05) is 29.6 Å². The van der Waals surface area contributed by atoms with Gasteiger partial charge in [0.05, 0.1) is 27.5 Å². The fourth-order valence-electron chi connectivity index (χ4n) is 2.94. The monoisotopic (exact) mass is 729 g/mol. The molecular formula is C22H21Br2F8N5O4. The van der Waals surface area contributed by atoms with Crippen LogP contribution in [0.4, 0.5) is 63.6 Å². The fraction of sp³-hybridized carbons (Fsp3) is 0.364. The highest BCUT2D eigenvalue weighted by atomic mass is 79.9. The SMILES string of the molecule is Nc1c(N(C(=O)C(F)(F)CCBr)C(=O)C(F)(F)CCBr)cc(C(F)(F)F)cc1[N+](=O)[O-].Nc1ccccc1NCF. The van der Waals surface area contributed by atoms with E-state index in [-0.39, 0.29) is 12.1 Å². The number of nitro benzene ring substituents is 1. The molecule has 0 fully saturated rings. The number of nitrogens with one attached hydrogen (secondary N) is 1. The second kappa shape index (κ2) is 14.6. The molecule has 0 atom stereocenters. The van der Waals surface area contributed by atoms with Gasteiger partial charge in [-0.05, 0) is 18.2 Å². The number of nitro groups is 1. The number of anilines is 4. The molecule has 9 nitrogen and oxygen atoms in total. The molecule has 0 heterocycles. The van der Waals surface area contributed by atoms with Crippen molar-refractivity contribution < 1.29 is 49.6 Å².